The molecule has 1 aromatic rings. The van der Waals surface area contributed by atoms with Crippen LogP contribution >= 0.6 is 0 Å². The number of nitrogens with zero attached hydrogens (tertiary/aromatic N) is 3. The lowest BCUT2D eigenvalue weighted by Gasteiger charge is -2.19. The first-order valence-corrected chi connectivity index (χ1v) is 12.2. The van der Waals surface area contributed by atoms with Crippen molar-refractivity contribution in [2.45, 2.75) is 39.3 Å². The zero-order valence-electron chi connectivity index (χ0n) is 10.4. The van der Waals surface area contributed by atoms with E-state index in [2.05, 4.69) is 59.2 Å². The van der Waals surface area contributed by atoms with Gasteiger partial charge < -0.3 is 4.98 Å². The highest BCUT2D eigenvalue weighted by molar-refractivity contribution is 6.87. The van der Waals surface area contributed by atoms with E-state index >= 15 is 0 Å². The van der Waals surface area contributed by atoms with E-state index in [-0.39, 0.29) is 0 Å². The lowest BCUT2D eigenvalue weighted by atomic mass is 11.0. The van der Waals surface area contributed by atoms with Gasteiger partial charge >= 0.3 is 0 Å². The van der Waals surface area contributed by atoms with Gasteiger partial charge in [0.2, 0.25) is 5.95 Å². The first-order valence-electron chi connectivity index (χ1n) is 5.16. The Bertz CT molecular complexity index is 341. The Hall–Kier alpha value is -0.756. The molecule has 4 nitrogen and oxygen atoms in total. The van der Waals surface area contributed by atoms with Gasteiger partial charge in [0.1, 0.15) is 28.1 Å². The molecule has 0 aliphatic heterocycles. The van der Waals surface area contributed by atoms with Gasteiger partial charge in [-0.15, -0.1) is 0 Å². The molecule has 0 aromatic carbocycles. The van der Waals surface area contributed by atoms with Crippen LogP contribution in [0.2, 0.25) is 39.3 Å². The Balaban J connectivity index is 2.94. The number of rotatable bonds is 3. The zero-order chi connectivity index (χ0) is 11.7. The first-order chi connectivity index (χ1) is 6.68. The standard InChI is InChI=1S/C9H20N4Si2/c1-14(2,3)9-11-7-10-8(12-9)13-15(4,5)6/h7H,1-6H3,(H,10,11,12,13). The largest absolute Gasteiger partial charge is 0.380 e. The molecular weight excluding hydrogens is 220 g/mol. The lowest BCUT2D eigenvalue weighted by Crippen LogP contribution is -2.44. The summed E-state index contributed by atoms with van der Waals surface area (Å²) in [7, 11) is -2.79. The second-order valence-corrected chi connectivity index (χ2v) is 15.5. The molecule has 0 saturated heterocycles. The number of anilines is 1. The van der Waals surface area contributed by atoms with Crippen molar-refractivity contribution in [1.82, 2.24) is 15.0 Å². The van der Waals surface area contributed by atoms with E-state index < -0.39 is 16.3 Å². The van der Waals surface area contributed by atoms with Crippen molar-refractivity contribution in [3.8, 4) is 0 Å². The summed E-state index contributed by atoms with van der Waals surface area (Å²) in [6.07, 6.45) is 1.61. The molecule has 84 valence electrons. The predicted octanol–water partition coefficient (Wildman–Crippen LogP) is 1.66. The summed E-state index contributed by atoms with van der Waals surface area (Å²) in [5, 5.41) is 0. The minimum Gasteiger partial charge on any atom is -0.380 e. The molecule has 0 unspecified atom stereocenters. The second-order valence-electron chi connectivity index (χ2n) is 5.76. The fourth-order valence-electron chi connectivity index (χ4n) is 1.05. The molecule has 0 saturated carbocycles. The second kappa shape index (κ2) is 4.01. The van der Waals surface area contributed by atoms with Gasteiger partial charge in [0, 0.05) is 0 Å². The molecular formula is C9H20N4Si2. The van der Waals surface area contributed by atoms with Crippen molar-refractivity contribution in [2.75, 3.05) is 4.98 Å². The van der Waals surface area contributed by atoms with E-state index in [9.17, 15) is 0 Å². The van der Waals surface area contributed by atoms with Crippen molar-refractivity contribution < 1.29 is 0 Å². The molecule has 0 spiro atoms. The summed E-state index contributed by atoms with van der Waals surface area (Å²) >= 11 is 0. The molecule has 0 aliphatic carbocycles. The van der Waals surface area contributed by atoms with Gasteiger partial charge in [-0.2, -0.15) is 0 Å². The van der Waals surface area contributed by atoms with Gasteiger partial charge in [0.05, 0.1) is 0 Å². The Kier molecular flexibility index (Phi) is 3.29. The van der Waals surface area contributed by atoms with Crippen LogP contribution in [0.4, 0.5) is 5.95 Å². The Labute approximate surface area is 93.7 Å². The molecule has 6 heteroatoms. The molecule has 0 fully saturated rings. The van der Waals surface area contributed by atoms with Gasteiger partial charge in [0.25, 0.3) is 0 Å². The molecule has 0 atom stereocenters. The molecule has 0 aliphatic rings. The van der Waals surface area contributed by atoms with E-state index in [4.69, 9.17) is 0 Å². The summed E-state index contributed by atoms with van der Waals surface area (Å²) < 4.78 is 0. The highest BCUT2D eigenvalue weighted by atomic mass is 28.3. The fraction of sp³-hybridized carbons (Fsp3) is 0.667. The number of aromatic nitrogens is 3. The van der Waals surface area contributed by atoms with Crippen molar-refractivity contribution >= 4 is 27.7 Å². The molecule has 1 rings (SSSR count). The van der Waals surface area contributed by atoms with Crippen LogP contribution in [0.1, 0.15) is 0 Å². The Morgan fingerprint density at radius 1 is 1.00 bits per heavy atom. The first kappa shape index (κ1) is 12.3. The van der Waals surface area contributed by atoms with Crippen LogP contribution in [-0.4, -0.2) is 31.3 Å². The predicted molar refractivity (Wildman–Crippen MR) is 69.8 cm³/mol. The molecule has 15 heavy (non-hydrogen) atoms. The van der Waals surface area contributed by atoms with Crippen LogP contribution in [0.3, 0.4) is 0 Å². The van der Waals surface area contributed by atoms with Gasteiger partial charge in [-0.05, 0) is 0 Å². The topological polar surface area (TPSA) is 50.7 Å². The summed E-state index contributed by atoms with van der Waals surface area (Å²) in [5.41, 5.74) is 0.971. The van der Waals surface area contributed by atoms with Crippen molar-refractivity contribution in [3.05, 3.63) is 6.33 Å². The van der Waals surface area contributed by atoms with Crippen LogP contribution in [0.25, 0.3) is 0 Å². The summed E-state index contributed by atoms with van der Waals surface area (Å²) in [5.74, 6) is 0.738. The Morgan fingerprint density at radius 3 is 2.07 bits per heavy atom. The van der Waals surface area contributed by atoms with Crippen LogP contribution in [0, 0.1) is 0 Å². The minimum atomic E-state index is -1.43. The third kappa shape index (κ3) is 4.09. The number of hydrogen-bond acceptors (Lipinski definition) is 4. The lowest BCUT2D eigenvalue weighted by molar-refractivity contribution is 1.09. The highest BCUT2D eigenvalue weighted by Gasteiger charge is 2.22. The summed E-state index contributed by atoms with van der Waals surface area (Å²) in [6, 6.07) is 0. The van der Waals surface area contributed by atoms with Crippen LogP contribution < -0.4 is 10.4 Å². The molecule has 0 amide bonds. The SMILES string of the molecule is C[Si](C)(C)Nc1ncnc([Si](C)(C)C)n1. The quantitative estimate of drug-likeness (QED) is 0.817. The van der Waals surface area contributed by atoms with E-state index in [0.29, 0.717) is 0 Å². The van der Waals surface area contributed by atoms with Crippen molar-refractivity contribution in [1.29, 1.82) is 0 Å². The van der Waals surface area contributed by atoms with Crippen molar-refractivity contribution in [3.63, 3.8) is 0 Å². The maximum atomic E-state index is 4.49. The smallest absolute Gasteiger partial charge is 0.217 e. The van der Waals surface area contributed by atoms with Gasteiger partial charge in [-0.1, -0.05) is 39.3 Å². The van der Waals surface area contributed by atoms with E-state index in [1.54, 1.807) is 6.33 Å². The molecule has 1 N–H and O–H groups in total. The number of nitrogens with one attached hydrogen (secondary N) is 1. The third-order valence-corrected chi connectivity index (χ3v) is 4.29. The van der Waals surface area contributed by atoms with Gasteiger partial charge in [0.15, 0.2) is 0 Å². The third-order valence-electron chi connectivity index (χ3n) is 1.73. The van der Waals surface area contributed by atoms with Gasteiger partial charge in [-0.3, -0.25) is 0 Å². The molecule has 0 radical (unpaired) electrons. The average Bonchev–Trinajstić information content (AvgIpc) is 1.99. The molecule has 1 heterocycles. The van der Waals surface area contributed by atoms with Crippen LogP contribution in [0.15, 0.2) is 6.33 Å². The maximum absolute atomic E-state index is 4.49. The number of hydrogen-bond donors (Lipinski definition) is 1. The highest BCUT2D eigenvalue weighted by Crippen LogP contribution is 2.05. The average molecular weight is 240 g/mol. The monoisotopic (exact) mass is 240 g/mol. The van der Waals surface area contributed by atoms with E-state index in [1.165, 1.54) is 0 Å². The normalized spacial score (nSPS) is 12.7. The van der Waals surface area contributed by atoms with E-state index in [1.807, 2.05) is 0 Å². The van der Waals surface area contributed by atoms with E-state index in [0.717, 1.165) is 11.4 Å². The van der Waals surface area contributed by atoms with Crippen LogP contribution in [-0.2, 0) is 0 Å². The minimum absolute atomic E-state index is 0.738. The molecule has 1 aromatic heterocycles. The zero-order valence-corrected chi connectivity index (χ0v) is 12.4. The maximum Gasteiger partial charge on any atom is 0.217 e. The van der Waals surface area contributed by atoms with Crippen molar-refractivity contribution in [2.24, 2.45) is 0 Å². The summed E-state index contributed by atoms with van der Waals surface area (Å²) in [4.78, 5) is 16.3. The Morgan fingerprint density at radius 2 is 1.60 bits per heavy atom. The van der Waals surface area contributed by atoms with Crippen LogP contribution in [0.5, 0.6) is 0 Å². The fourth-order valence-corrected chi connectivity index (χ4v) is 2.73. The van der Waals surface area contributed by atoms with Gasteiger partial charge in [-0.25, -0.2) is 15.0 Å². The molecule has 0 bridgehead atoms. The summed E-state index contributed by atoms with van der Waals surface area (Å²) in [6.45, 7) is 13.4.